The van der Waals surface area contributed by atoms with Crippen LogP contribution in [0.2, 0.25) is 0 Å². The van der Waals surface area contributed by atoms with E-state index in [-0.39, 0.29) is 25.4 Å². The molecule has 29 heavy (non-hydrogen) atoms. The highest BCUT2D eigenvalue weighted by Gasteiger charge is 2.23. The van der Waals surface area contributed by atoms with Gasteiger partial charge in [0.25, 0.3) is 0 Å². The molecule has 1 atom stereocenters. The molecule has 0 spiro atoms. The molecule has 0 bridgehead atoms. The van der Waals surface area contributed by atoms with Gasteiger partial charge in [-0.05, 0) is 27.2 Å². The quantitative estimate of drug-likeness (QED) is 0.395. The first-order chi connectivity index (χ1) is 13.5. The largest absolute Gasteiger partial charge is 0.444 e. The van der Waals surface area contributed by atoms with Crippen LogP contribution in [-0.4, -0.2) is 60.5 Å². The van der Waals surface area contributed by atoms with E-state index in [1.54, 1.807) is 27.8 Å². The van der Waals surface area contributed by atoms with Crippen molar-refractivity contribution in [3.8, 4) is 0 Å². The number of ether oxygens (including phenoxy) is 1. The Hall–Kier alpha value is -2.32. The maximum absolute atomic E-state index is 12.3. The highest BCUT2D eigenvalue weighted by atomic mass is 16.6. The lowest BCUT2D eigenvalue weighted by atomic mass is 10.1. The molecule has 0 saturated heterocycles. The van der Waals surface area contributed by atoms with Gasteiger partial charge in [0.1, 0.15) is 11.6 Å². The SMILES string of the molecule is CCCCCCCC(=O)N[C@H](CC(N)=O)C(=O)NCCN(C)C(=O)OC(C)(C)C. The summed E-state index contributed by atoms with van der Waals surface area (Å²) in [6, 6.07) is -1.03. The van der Waals surface area contributed by atoms with Crippen molar-refractivity contribution in [1.82, 2.24) is 15.5 Å². The van der Waals surface area contributed by atoms with E-state index in [4.69, 9.17) is 10.5 Å². The number of primary amides is 1. The molecule has 9 nitrogen and oxygen atoms in total. The lowest BCUT2D eigenvalue weighted by Crippen LogP contribution is -2.50. The second kappa shape index (κ2) is 13.8. The molecule has 0 aromatic heterocycles. The highest BCUT2D eigenvalue weighted by Crippen LogP contribution is 2.09. The first kappa shape index (κ1) is 26.7. The van der Waals surface area contributed by atoms with Crippen molar-refractivity contribution < 1.29 is 23.9 Å². The van der Waals surface area contributed by atoms with Crippen LogP contribution in [0.1, 0.15) is 72.6 Å². The lowest BCUT2D eigenvalue weighted by molar-refractivity contribution is -0.131. The third-order valence-corrected chi connectivity index (χ3v) is 4.02. The first-order valence-corrected chi connectivity index (χ1v) is 10.3. The van der Waals surface area contributed by atoms with Crippen LogP contribution >= 0.6 is 0 Å². The Bertz CT molecular complexity index is 545. The number of likely N-dealkylation sites (N-methyl/N-ethyl adjacent to an activating group) is 1. The van der Waals surface area contributed by atoms with Crippen molar-refractivity contribution in [1.29, 1.82) is 0 Å². The van der Waals surface area contributed by atoms with Crippen molar-refractivity contribution in [3.05, 3.63) is 0 Å². The van der Waals surface area contributed by atoms with Gasteiger partial charge in [-0.25, -0.2) is 4.79 Å². The Morgan fingerprint density at radius 2 is 1.69 bits per heavy atom. The van der Waals surface area contributed by atoms with Gasteiger partial charge in [0.05, 0.1) is 6.42 Å². The summed E-state index contributed by atoms with van der Waals surface area (Å²) < 4.78 is 5.23. The van der Waals surface area contributed by atoms with Gasteiger partial charge in [0.15, 0.2) is 0 Å². The molecule has 0 aliphatic heterocycles. The van der Waals surface area contributed by atoms with E-state index < -0.39 is 29.6 Å². The zero-order chi connectivity index (χ0) is 22.4. The average Bonchev–Trinajstić information content (AvgIpc) is 2.58. The number of carbonyl (C=O) groups excluding carboxylic acids is 4. The number of carbonyl (C=O) groups is 4. The number of nitrogens with one attached hydrogen (secondary N) is 2. The summed E-state index contributed by atoms with van der Waals surface area (Å²) in [6.45, 7) is 7.78. The average molecular weight is 415 g/mol. The van der Waals surface area contributed by atoms with Crippen LogP contribution in [0.25, 0.3) is 0 Å². The normalized spacial score (nSPS) is 12.0. The number of nitrogens with two attached hydrogens (primary N) is 1. The van der Waals surface area contributed by atoms with Gasteiger partial charge in [0, 0.05) is 26.6 Å². The fourth-order valence-corrected chi connectivity index (χ4v) is 2.47. The van der Waals surface area contributed by atoms with Crippen molar-refractivity contribution in [2.75, 3.05) is 20.1 Å². The second-order valence-electron chi connectivity index (χ2n) is 8.15. The number of amides is 4. The third-order valence-electron chi connectivity index (χ3n) is 4.02. The number of hydrogen-bond acceptors (Lipinski definition) is 5. The monoisotopic (exact) mass is 414 g/mol. The topological polar surface area (TPSA) is 131 Å². The summed E-state index contributed by atoms with van der Waals surface area (Å²) in [4.78, 5) is 48.9. The Kier molecular flexibility index (Phi) is 12.7. The van der Waals surface area contributed by atoms with E-state index in [0.29, 0.717) is 6.42 Å². The fourth-order valence-electron chi connectivity index (χ4n) is 2.47. The Morgan fingerprint density at radius 3 is 2.24 bits per heavy atom. The molecule has 9 heteroatoms. The van der Waals surface area contributed by atoms with Crippen molar-refractivity contribution in [2.24, 2.45) is 5.73 Å². The van der Waals surface area contributed by atoms with Crippen LogP contribution in [-0.2, 0) is 19.1 Å². The molecule has 0 radical (unpaired) electrons. The summed E-state index contributed by atoms with van der Waals surface area (Å²) >= 11 is 0. The zero-order valence-electron chi connectivity index (χ0n) is 18.5. The summed E-state index contributed by atoms with van der Waals surface area (Å²) in [7, 11) is 1.56. The Morgan fingerprint density at radius 1 is 1.07 bits per heavy atom. The van der Waals surface area contributed by atoms with Gasteiger partial charge < -0.3 is 26.0 Å². The summed E-state index contributed by atoms with van der Waals surface area (Å²) in [5.74, 6) is -1.48. The fraction of sp³-hybridized carbons (Fsp3) is 0.800. The van der Waals surface area contributed by atoms with Gasteiger partial charge in [-0.1, -0.05) is 32.6 Å². The maximum Gasteiger partial charge on any atom is 0.410 e. The second-order valence-corrected chi connectivity index (χ2v) is 8.15. The van der Waals surface area contributed by atoms with Gasteiger partial charge in [-0.3, -0.25) is 14.4 Å². The molecular weight excluding hydrogens is 376 g/mol. The van der Waals surface area contributed by atoms with Crippen LogP contribution in [0, 0.1) is 0 Å². The van der Waals surface area contributed by atoms with E-state index in [2.05, 4.69) is 17.6 Å². The van der Waals surface area contributed by atoms with Gasteiger partial charge >= 0.3 is 6.09 Å². The van der Waals surface area contributed by atoms with Crippen LogP contribution < -0.4 is 16.4 Å². The predicted octanol–water partition coefficient (Wildman–Crippen LogP) is 1.69. The minimum atomic E-state index is -1.03. The van der Waals surface area contributed by atoms with E-state index in [9.17, 15) is 19.2 Å². The Balaban J connectivity index is 4.44. The van der Waals surface area contributed by atoms with Crippen LogP contribution in [0.3, 0.4) is 0 Å². The minimum Gasteiger partial charge on any atom is -0.444 e. The molecule has 0 aliphatic rings. The standard InChI is InChI=1S/C20H38N4O5/c1-6-7-8-9-10-11-17(26)23-15(14-16(21)25)18(27)22-12-13-24(5)19(28)29-20(2,3)4/h15H,6-14H2,1-5H3,(H2,21,25)(H,22,27)(H,23,26)/t15-/m1/s1. The first-order valence-electron chi connectivity index (χ1n) is 10.3. The molecule has 0 fully saturated rings. The molecular formula is C20H38N4O5. The molecule has 4 amide bonds. The van der Waals surface area contributed by atoms with Crippen molar-refractivity contribution >= 4 is 23.8 Å². The maximum atomic E-state index is 12.3. The number of nitrogens with zero attached hydrogens (tertiary/aromatic N) is 1. The van der Waals surface area contributed by atoms with E-state index in [0.717, 1.165) is 32.1 Å². The van der Waals surface area contributed by atoms with E-state index in [1.165, 1.54) is 4.90 Å². The number of rotatable bonds is 13. The van der Waals surface area contributed by atoms with E-state index >= 15 is 0 Å². The summed E-state index contributed by atoms with van der Waals surface area (Å²) in [6.07, 6.45) is 4.52. The smallest absolute Gasteiger partial charge is 0.410 e. The van der Waals surface area contributed by atoms with Crippen LogP contribution in [0.4, 0.5) is 4.79 Å². The molecule has 0 aromatic carbocycles. The van der Waals surface area contributed by atoms with Crippen LogP contribution in [0.15, 0.2) is 0 Å². The molecule has 0 unspecified atom stereocenters. The van der Waals surface area contributed by atoms with Gasteiger partial charge in [-0.2, -0.15) is 0 Å². The Labute approximate surface area is 174 Å². The molecule has 0 heterocycles. The summed E-state index contributed by atoms with van der Waals surface area (Å²) in [5, 5.41) is 5.19. The molecule has 168 valence electrons. The minimum absolute atomic E-state index is 0.150. The number of unbranched alkanes of at least 4 members (excludes halogenated alkanes) is 4. The van der Waals surface area contributed by atoms with Crippen LogP contribution in [0.5, 0.6) is 0 Å². The molecule has 0 aromatic rings. The zero-order valence-corrected chi connectivity index (χ0v) is 18.5. The van der Waals surface area contributed by atoms with Crippen molar-refractivity contribution in [3.63, 3.8) is 0 Å². The number of hydrogen-bond donors (Lipinski definition) is 3. The molecule has 0 rings (SSSR count). The summed E-state index contributed by atoms with van der Waals surface area (Å²) in [5.41, 5.74) is 4.59. The predicted molar refractivity (Wildman–Crippen MR) is 111 cm³/mol. The van der Waals surface area contributed by atoms with Crippen molar-refractivity contribution in [2.45, 2.75) is 84.3 Å². The van der Waals surface area contributed by atoms with Gasteiger partial charge in [0.2, 0.25) is 17.7 Å². The highest BCUT2D eigenvalue weighted by molar-refractivity contribution is 5.91. The lowest BCUT2D eigenvalue weighted by Gasteiger charge is -2.25. The third kappa shape index (κ3) is 14.3. The van der Waals surface area contributed by atoms with E-state index in [1.807, 2.05) is 0 Å². The molecule has 4 N–H and O–H groups in total. The van der Waals surface area contributed by atoms with Gasteiger partial charge in [-0.15, -0.1) is 0 Å². The molecule has 0 saturated carbocycles. The molecule has 0 aliphatic carbocycles.